The van der Waals surface area contributed by atoms with Crippen LogP contribution in [0.2, 0.25) is 5.02 Å². The number of carbonyl (C=O) groups excluding carboxylic acids is 1. The lowest BCUT2D eigenvalue weighted by molar-refractivity contribution is 0.0997. The second kappa shape index (κ2) is 7.79. The quantitative estimate of drug-likeness (QED) is 0.625. The van der Waals surface area contributed by atoms with E-state index in [-0.39, 0.29) is 4.90 Å². The molecule has 0 radical (unpaired) electrons. The SMILES string of the molecule is CCn1c(=NC(=O)c2ccc(S(=O)(=O)N(C)C)cc2)sc2cc(Cl)cc(C)c21. The fraction of sp³-hybridized carbons (Fsp3) is 0.263. The number of nitrogens with zero attached hydrogens (tertiary/aromatic N) is 3. The van der Waals surface area contributed by atoms with Crippen LogP contribution in [0.15, 0.2) is 46.3 Å². The van der Waals surface area contributed by atoms with Crippen molar-refractivity contribution in [3.63, 3.8) is 0 Å². The van der Waals surface area contributed by atoms with Gasteiger partial charge in [0.05, 0.1) is 15.1 Å². The Bertz CT molecular complexity index is 1220. The van der Waals surface area contributed by atoms with Crippen molar-refractivity contribution in [2.24, 2.45) is 4.99 Å². The summed E-state index contributed by atoms with van der Waals surface area (Å²) in [4.78, 5) is 17.6. The fourth-order valence-corrected chi connectivity index (χ4v) is 5.33. The lowest BCUT2D eigenvalue weighted by atomic mass is 10.2. The minimum absolute atomic E-state index is 0.129. The number of amides is 1. The molecule has 0 bridgehead atoms. The summed E-state index contributed by atoms with van der Waals surface area (Å²) in [5.74, 6) is -0.425. The van der Waals surface area contributed by atoms with Gasteiger partial charge in [0.15, 0.2) is 4.80 Å². The van der Waals surface area contributed by atoms with Crippen molar-refractivity contribution >= 4 is 49.1 Å². The first-order valence-corrected chi connectivity index (χ1v) is 11.2. The summed E-state index contributed by atoms with van der Waals surface area (Å²) in [6.45, 7) is 4.63. The average Bonchev–Trinajstić information content (AvgIpc) is 2.98. The van der Waals surface area contributed by atoms with E-state index in [9.17, 15) is 13.2 Å². The van der Waals surface area contributed by atoms with Gasteiger partial charge in [0.25, 0.3) is 5.91 Å². The number of hydrogen-bond acceptors (Lipinski definition) is 4. The Labute approximate surface area is 172 Å². The van der Waals surface area contributed by atoms with Crippen molar-refractivity contribution in [1.29, 1.82) is 0 Å². The number of sulfonamides is 1. The Morgan fingerprint density at radius 1 is 1.21 bits per heavy atom. The van der Waals surface area contributed by atoms with Crippen LogP contribution in [-0.4, -0.2) is 37.3 Å². The average molecular weight is 438 g/mol. The molecule has 0 spiro atoms. The minimum atomic E-state index is -3.54. The number of aryl methyl sites for hydroxylation is 2. The summed E-state index contributed by atoms with van der Waals surface area (Å²) in [6.07, 6.45) is 0. The zero-order valence-corrected chi connectivity index (χ0v) is 18.3. The summed E-state index contributed by atoms with van der Waals surface area (Å²) >= 11 is 7.55. The molecule has 0 unspecified atom stereocenters. The first-order chi connectivity index (χ1) is 13.1. The highest BCUT2D eigenvalue weighted by atomic mass is 35.5. The summed E-state index contributed by atoms with van der Waals surface area (Å²) < 4.78 is 28.4. The Balaban J connectivity index is 2.05. The molecule has 0 aliphatic carbocycles. The smallest absolute Gasteiger partial charge is 0.279 e. The maximum Gasteiger partial charge on any atom is 0.279 e. The van der Waals surface area contributed by atoms with Crippen LogP contribution in [0.3, 0.4) is 0 Å². The van der Waals surface area contributed by atoms with E-state index in [2.05, 4.69) is 4.99 Å². The first kappa shape index (κ1) is 20.7. The molecule has 28 heavy (non-hydrogen) atoms. The molecule has 0 fully saturated rings. The molecule has 1 heterocycles. The second-order valence-corrected chi connectivity index (χ2v) is 10.0. The predicted octanol–water partition coefficient (Wildman–Crippen LogP) is 3.68. The lowest BCUT2D eigenvalue weighted by Crippen LogP contribution is -2.22. The van der Waals surface area contributed by atoms with Crippen molar-refractivity contribution in [2.45, 2.75) is 25.3 Å². The normalized spacial score (nSPS) is 12.9. The van der Waals surface area contributed by atoms with Gasteiger partial charge in [0.2, 0.25) is 10.0 Å². The molecule has 3 rings (SSSR count). The van der Waals surface area contributed by atoms with Gasteiger partial charge in [0.1, 0.15) is 0 Å². The molecule has 0 saturated heterocycles. The number of benzene rings is 2. The Hall–Kier alpha value is -2.00. The largest absolute Gasteiger partial charge is 0.316 e. The number of aromatic nitrogens is 1. The third kappa shape index (κ3) is 3.77. The summed E-state index contributed by atoms with van der Waals surface area (Å²) in [5.41, 5.74) is 2.36. The molecule has 148 valence electrons. The van der Waals surface area contributed by atoms with Crippen LogP contribution in [0, 0.1) is 6.92 Å². The second-order valence-electron chi connectivity index (χ2n) is 6.43. The van der Waals surface area contributed by atoms with Gasteiger partial charge in [-0.15, -0.1) is 0 Å². The molecule has 2 aromatic carbocycles. The van der Waals surface area contributed by atoms with Crippen LogP contribution in [-0.2, 0) is 16.6 Å². The van der Waals surface area contributed by atoms with Gasteiger partial charge in [-0.25, -0.2) is 12.7 Å². The number of rotatable bonds is 4. The van der Waals surface area contributed by atoms with Crippen LogP contribution in [0.1, 0.15) is 22.8 Å². The molecule has 1 aromatic heterocycles. The van der Waals surface area contributed by atoms with Gasteiger partial charge < -0.3 is 4.57 Å². The van der Waals surface area contributed by atoms with Gasteiger partial charge in [-0.2, -0.15) is 4.99 Å². The molecule has 0 N–H and O–H groups in total. The highest BCUT2D eigenvalue weighted by Crippen LogP contribution is 2.26. The van der Waals surface area contributed by atoms with E-state index in [4.69, 9.17) is 11.6 Å². The molecule has 0 atom stereocenters. The molecule has 0 saturated carbocycles. The van der Waals surface area contributed by atoms with E-state index in [1.165, 1.54) is 49.7 Å². The number of fused-ring (bicyclic) bond motifs is 1. The van der Waals surface area contributed by atoms with E-state index in [1.807, 2.05) is 30.5 Å². The molecule has 3 aromatic rings. The Morgan fingerprint density at radius 2 is 1.86 bits per heavy atom. The van der Waals surface area contributed by atoms with Crippen LogP contribution in [0.4, 0.5) is 0 Å². The van der Waals surface area contributed by atoms with E-state index in [0.717, 1.165) is 20.1 Å². The molecule has 0 aliphatic rings. The van der Waals surface area contributed by atoms with Crippen molar-refractivity contribution in [1.82, 2.24) is 8.87 Å². The number of thiazole rings is 1. The fourth-order valence-electron chi connectivity index (χ4n) is 2.89. The van der Waals surface area contributed by atoms with Crippen molar-refractivity contribution in [3.05, 3.63) is 57.3 Å². The van der Waals surface area contributed by atoms with E-state index >= 15 is 0 Å². The number of carbonyl (C=O) groups is 1. The zero-order valence-electron chi connectivity index (χ0n) is 15.9. The van der Waals surface area contributed by atoms with Crippen LogP contribution in [0.25, 0.3) is 10.2 Å². The lowest BCUT2D eigenvalue weighted by Gasteiger charge is -2.11. The zero-order chi connectivity index (χ0) is 20.6. The maximum atomic E-state index is 12.6. The molecular weight excluding hydrogens is 418 g/mol. The summed E-state index contributed by atoms with van der Waals surface area (Å²) in [7, 11) is -0.616. The predicted molar refractivity (Wildman–Crippen MR) is 112 cm³/mol. The number of hydrogen-bond donors (Lipinski definition) is 0. The topological polar surface area (TPSA) is 71.7 Å². The molecule has 9 heteroatoms. The first-order valence-electron chi connectivity index (χ1n) is 8.56. The Kier molecular flexibility index (Phi) is 5.77. The van der Waals surface area contributed by atoms with Crippen molar-refractivity contribution in [3.8, 4) is 0 Å². The third-order valence-electron chi connectivity index (χ3n) is 4.33. The minimum Gasteiger partial charge on any atom is -0.316 e. The highest BCUT2D eigenvalue weighted by molar-refractivity contribution is 7.89. The summed E-state index contributed by atoms with van der Waals surface area (Å²) in [6, 6.07) is 9.55. The van der Waals surface area contributed by atoms with E-state index in [0.29, 0.717) is 21.9 Å². The molecule has 6 nitrogen and oxygen atoms in total. The van der Waals surface area contributed by atoms with Gasteiger partial charge >= 0.3 is 0 Å². The maximum absolute atomic E-state index is 12.6. The van der Waals surface area contributed by atoms with Crippen molar-refractivity contribution in [2.75, 3.05) is 14.1 Å². The van der Waals surface area contributed by atoms with Crippen molar-refractivity contribution < 1.29 is 13.2 Å². The van der Waals surface area contributed by atoms with Gasteiger partial charge in [0, 0.05) is 31.2 Å². The Morgan fingerprint density at radius 3 is 2.43 bits per heavy atom. The van der Waals surface area contributed by atoms with E-state index < -0.39 is 15.9 Å². The molecule has 1 amide bonds. The number of halogens is 1. The van der Waals surface area contributed by atoms with Crippen LogP contribution < -0.4 is 4.80 Å². The van der Waals surface area contributed by atoms with Gasteiger partial charge in [-0.1, -0.05) is 22.9 Å². The van der Waals surface area contributed by atoms with Crippen LogP contribution in [0.5, 0.6) is 0 Å². The summed E-state index contributed by atoms with van der Waals surface area (Å²) in [5, 5.41) is 0.644. The van der Waals surface area contributed by atoms with Gasteiger partial charge in [-0.3, -0.25) is 4.79 Å². The standard InChI is InChI=1S/C19H20ClN3O3S2/c1-5-23-17-12(2)10-14(20)11-16(17)27-19(23)21-18(24)13-6-8-15(9-7-13)28(25,26)22(3)4/h6-11H,5H2,1-4H3. The monoisotopic (exact) mass is 437 g/mol. The highest BCUT2D eigenvalue weighted by Gasteiger charge is 2.17. The molecule has 0 aliphatic heterocycles. The molecular formula is C19H20ClN3O3S2. The third-order valence-corrected chi connectivity index (χ3v) is 7.40. The van der Waals surface area contributed by atoms with Crippen LogP contribution >= 0.6 is 22.9 Å². The van der Waals surface area contributed by atoms with E-state index in [1.54, 1.807) is 0 Å². The van der Waals surface area contributed by atoms with Gasteiger partial charge in [-0.05, 0) is 55.8 Å².